The highest BCUT2D eigenvalue weighted by atomic mass is 19.1. The number of para-hydroxylation sites is 1. The Morgan fingerprint density at radius 3 is 2.67 bits per heavy atom. The van der Waals surface area contributed by atoms with Crippen molar-refractivity contribution in [2.24, 2.45) is 0 Å². The Bertz CT molecular complexity index is 783. The van der Waals surface area contributed by atoms with Gasteiger partial charge in [-0.05, 0) is 23.8 Å². The lowest BCUT2D eigenvalue weighted by Crippen LogP contribution is -2.05. The Balaban J connectivity index is 2.15. The first kappa shape index (κ1) is 13.5. The van der Waals surface area contributed by atoms with Gasteiger partial charge in [0.1, 0.15) is 6.10 Å². The van der Waals surface area contributed by atoms with Crippen LogP contribution in [0.1, 0.15) is 17.2 Å². The average Bonchev–Trinajstić information content (AvgIpc) is 2.54. The van der Waals surface area contributed by atoms with E-state index in [0.717, 1.165) is 10.9 Å². The Labute approximate surface area is 121 Å². The number of pyridine rings is 1. The van der Waals surface area contributed by atoms with Gasteiger partial charge < -0.3 is 9.84 Å². The van der Waals surface area contributed by atoms with Crippen molar-refractivity contribution in [3.63, 3.8) is 0 Å². The highest BCUT2D eigenvalue weighted by molar-refractivity contribution is 5.82. The second-order valence-electron chi connectivity index (χ2n) is 4.68. The van der Waals surface area contributed by atoms with Gasteiger partial charge in [-0.3, -0.25) is 4.98 Å². The molecule has 1 heterocycles. The molecule has 3 rings (SSSR count). The largest absolute Gasteiger partial charge is 0.494 e. The van der Waals surface area contributed by atoms with E-state index < -0.39 is 11.9 Å². The van der Waals surface area contributed by atoms with E-state index in [0.29, 0.717) is 5.56 Å². The molecule has 0 aliphatic carbocycles. The molecule has 0 fully saturated rings. The van der Waals surface area contributed by atoms with Gasteiger partial charge >= 0.3 is 0 Å². The summed E-state index contributed by atoms with van der Waals surface area (Å²) in [5.74, 6) is -0.432. The fraction of sp³-hybridized carbons (Fsp3) is 0.118. The van der Waals surface area contributed by atoms with Crippen LogP contribution in [-0.2, 0) is 0 Å². The Morgan fingerprint density at radius 1 is 1.05 bits per heavy atom. The standard InChI is InChI=1S/C17H14FNO2/c1-21-15-8-4-6-13(16(15)18)17(20)12-9-10-19-14-7-3-2-5-11(12)14/h2-10,17,20H,1H3. The monoisotopic (exact) mass is 283 g/mol. The van der Waals surface area contributed by atoms with E-state index in [1.165, 1.54) is 13.2 Å². The zero-order valence-corrected chi connectivity index (χ0v) is 11.5. The molecule has 3 aromatic rings. The van der Waals surface area contributed by atoms with E-state index in [-0.39, 0.29) is 11.3 Å². The molecule has 0 spiro atoms. The molecule has 0 amide bonds. The summed E-state index contributed by atoms with van der Waals surface area (Å²) in [5.41, 5.74) is 1.57. The maximum absolute atomic E-state index is 14.3. The molecule has 0 saturated carbocycles. The molecule has 1 atom stereocenters. The van der Waals surface area contributed by atoms with Crippen molar-refractivity contribution in [1.29, 1.82) is 0 Å². The van der Waals surface area contributed by atoms with E-state index in [1.807, 2.05) is 24.3 Å². The predicted octanol–water partition coefficient (Wildman–Crippen LogP) is 3.46. The van der Waals surface area contributed by atoms with Crippen LogP contribution in [0.3, 0.4) is 0 Å². The van der Waals surface area contributed by atoms with Crippen LogP contribution < -0.4 is 4.74 Å². The van der Waals surface area contributed by atoms with Gasteiger partial charge in [0.05, 0.1) is 12.6 Å². The van der Waals surface area contributed by atoms with Crippen molar-refractivity contribution in [3.8, 4) is 5.75 Å². The lowest BCUT2D eigenvalue weighted by molar-refractivity contribution is 0.214. The fourth-order valence-electron chi connectivity index (χ4n) is 2.42. The molecular weight excluding hydrogens is 269 g/mol. The molecule has 2 aromatic carbocycles. The summed E-state index contributed by atoms with van der Waals surface area (Å²) >= 11 is 0. The average molecular weight is 283 g/mol. The quantitative estimate of drug-likeness (QED) is 0.800. The molecule has 1 N–H and O–H groups in total. The first-order valence-corrected chi connectivity index (χ1v) is 6.56. The van der Waals surface area contributed by atoms with Crippen LogP contribution in [0.25, 0.3) is 10.9 Å². The van der Waals surface area contributed by atoms with Crippen molar-refractivity contribution in [1.82, 2.24) is 4.98 Å². The number of methoxy groups -OCH3 is 1. The lowest BCUT2D eigenvalue weighted by atomic mass is 9.97. The lowest BCUT2D eigenvalue weighted by Gasteiger charge is -2.15. The molecular formula is C17H14FNO2. The first-order valence-electron chi connectivity index (χ1n) is 6.56. The SMILES string of the molecule is COc1cccc(C(O)c2ccnc3ccccc23)c1F. The van der Waals surface area contributed by atoms with Crippen molar-refractivity contribution < 1.29 is 14.2 Å². The third-order valence-corrected chi connectivity index (χ3v) is 3.49. The number of halogens is 1. The van der Waals surface area contributed by atoms with Gasteiger partial charge in [0.15, 0.2) is 11.6 Å². The van der Waals surface area contributed by atoms with E-state index in [2.05, 4.69) is 4.98 Å². The number of hydrogen-bond donors (Lipinski definition) is 1. The van der Waals surface area contributed by atoms with Gasteiger partial charge in [0, 0.05) is 17.1 Å². The topological polar surface area (TPSA) is 42.4 Å². The molecule has 3 nitrogen and oxygen atoms in total. The summed E-state index contributed by atoms with van der Waals surface area (Å²) < 4.78 is 19.3. The molecule has 4 heteroatoms. The number of aliphatic hydroxyl groups is 1. The third kappa shape index (κ3) is 2.34. The maximum atomic E-state index is 14.3. The number of benzene rings is 2. The van der Waals surface area contributed by atoms with E-state index in [9.17, 15) is 9.50 Å². The third-order valence-electron chi connectivity index (χ3n) is 3.49. The van der Waals surface area contributed by atoms with Gasteiger partial charge in [-0.1, -0.05) is 30.3 Å². The zero-order chi connectivity index (χ0) is 14.8. The number of aromatic nitrogens is 1. The molecule has 0 radical (unpaired) electrons. The van der Waals surface area contributed by atoms with Crippen molar-refractivity contribution in [3.05, 3.63) is 71.7 Å². The van der Waals surface area contributed by atoms with Crippen LogP contribution in [-0.4, -0.2) is 17.2 Å². The smallest absolute Gasteiger partial charge is 0.171 e. The van der Waals surface area contributed by atoms with Crippen LogP contribution in [0.15, 0.2) is 54.7 Å². The minimum Gasteiger partial charge on any atom is -0.494 e. The van der Waals surface area contributed by atoms with Gasteiger partial charge in [-0.2, -0.15) is 0 Å². The molecule has 1 aromatic heterocycles. The number of fused-ring (bicyclic) bond motifs is 1. The minimum absolute atomic E-state index is 0.116. The van der Waals surface area contributed by atoms with Crippen LogP contribution in [0.4, 0.5) is 4.39 Å². The Hall–Kier alpha value is -2.46. The van der Waals surface area contributed by atoms with E-state index >= 15 is 0 Å². The maximum Gasteiger partial charge on any atom is 0.171 e. The second-order valence-corrected chi connectivity index (χ2v) is 4.68. The second kappa shape index (κ2) is 5.50. The van der Waals surface area contributed by atoms with Gasteiger partial charge in [0.2, 0.25) is 0 Å². The normalized spacial score (nSPS) is 12.3. The summed E-state index contributed by atoms with van der Waals surface area (Å²) in [6.45, 7) is 0. The number of aliphatic hydroxyl groups excluding tert-OH is 1. The molecule has 0 saturated heterocycles. The molecule has 1 unspecified atom stereocenters. The summed E-state index contributed by atoms with van der Waals surface area (Å²) in [7, 11) is 1.40. The van der Waals surface area contributed by atoms with Crippen LogP contribution in [0.2, 0.25) is 0 Å². The highest BCUT2D eigenvalue weighted by Gasteiger charge is 2.19. The Morgan fingerprint density at radius 2 is 1.86 bits per heavy atom. The van der Waals surface area contributed by atoms with E-state index in [4.69, 9.17) is 4.74 Å². The minimum atomic E-state index is -1.08. The molecule has 106 valence electrons. The zero-order valence-electron chi connectivity index (χ0n) is 11.5. The summed E-state index contributed by atoms with van der Waals surface area (Å²) in [5, 5.41) is 11.4. The Kier molecular flexibility index (Phi) is 3.54. The van der Waals surface area contributed by atoms with Crippen LogP contribution >= 0.6 is 0 Å². The summed E-state index contributed by atoms with van der Waals surface area (Å²) in [6.07, 6.45) is 0.534. The molecule has 0 aliphatic heterocycles. The van der Waals surface area contributed by atoms with E-state index in [1.54, 1.807) is 24.4 Å². The van der Waals surface area contributed by atoms with Crippen molar-refractivity contribution in [2.75, 3.05) is 7.11 Å². The first-order chi connectivity index (χ1) is 10.2. The van der Waals surface area contributed by atoms with Crippen molar-refractivity contribution >= 4 is 10.9 Å². The summed E-state index contributed by atoms with van der Waals surface area (Å²) in [4.78, 5) is 4.24. The number of nitrogens with zero attached hydrogens (tertiary/aromatic N) is 1. The fourth-order valence-corrected chi connectivity index (χ4v) is 2.42. The number of ether oxygens (including phenoxy) is 1. The van der Waals surface area contributed by atoms with Gasteiger partial charge in [-0.15, -0.1) is 0 Å². The molecule has 21 heavy (non-hydrogen) atoms. The van der Waals surface area contributed by atoms with Crippen LogP contribution in [0, 0.1) is 5.82 Å². The van der Waals surface area contributed by atoms with Gasteiger partial charge in [-0.25, -0.2) is 4.39 Å². The van der Waals surface area contributed by atoms with Gasteiger partial charge in [0.25, 0.3) is 0 Å². The molecule has 0 aliphatic rings. The molecule has 0 bridgehead atoms. The number of hydrogen-bond acceptors (Lipinski definition) is 3. The number of rotatable bonds is 3. The summed E-state index contributed by atoms with van der Waals surface area (Å²) in [6, 6.07) is 13.9. The predicted molar refractivity (Wildman–Crippen MR) is 78.8 cm³/mol. The van der Waals surface area contributed by atoms with Crippen LogP contribution in [0.5, 0.6) is 5.75 Å². The van der Waals surface area contributed by atoms with Crippen molar-refractivity contribution in [2.45, 2.75) is 6.10 Å². The highest BCUT2D eigenvalue weighted by Crippen LogP contribution is 2.32.